The maximum atomic E-state index is 12.8. The van der Waals surface area contributed by atoms with Gasteiger partial charge in [0.1, 0.15) is 5.01 Å². The number of nitrogens with one attached hydrogen (secondary N) is 1. The van der Waals surface area contributed by atoms with Crippen LogP contribution in [0, 0.1) is 17.8 Å². The van der Waals surface area contributed by atoms with E-state index in [9.17, 15) is 18.0 Å². The van der Waals surface area contributed by atoms with Crippen LogP contribution in [0.15, 0.2) is 0 Å². The third-order valence-corrected chi connectivity index (χ3v) is 4.65. The third-order valence-electron chi connectivity index (χ3n) is 3.79. The Morgan fingerprint density at radius 3 is 2.73 bits per heavy atom. The largest absolute Gasteiger partial charge is 0.391 e. The number of aromatic nitrogens is 2. The lowest BCUT2D eigenvalue weighted by Gasteiger charge is -2.29. The van der Waals surface area contributed by atoms with Crippen LogP contribution >= 0.6 is 11.3 Å². The molecule has 0 spiro atoms. The van der Waals surface area contributed by atoms with E-state index >= 15 is 0 Å². The van der Waals surface area contributed by atoms with Gasteiger partial charge in [-0.1, -0.05) is 31.6 Å². The summed E-state index contributed by atoms with van der Waals surface area (Å²) in [6.45, 7) is 4.11. The Bertz CT molecular complexity index is 516. The van der Waals surface area contributed by atoms with E-state index in [4.69, 9.17) is 0 Å². The highest BCUT2D eigenvalue weighted by atomic mass is 32.1. The van der Waals surface area contributed by atoms with Gasteiger partial charge in [-0.15, -0.1) is 10.2 Å². The van der Waals surface area contributed by atoms with Gasteiger partial charge in [0.25, 0.3) is 0 Å². The van der Waals surface area contributed by atoms with Crippen LogP contribution in [-0.2, 0) is 11.2 Å². The van der Waals surface area contributed by atoms with E-state index in [0.717, 1.165) is 11.4 Å². The van der Waals surface area contributed by atoms with Gasteiger partial charge in [-0.2, -0.15) is 13.2 Å². The van der Waals surface area contributed by atoms with Crippen molar-refractivity contribution in [1.82, 2.24) is 10.2 Å². The van der Waals surface area contributed by atoms with E-state index in [-0.39, 0.29) is 18.7 Å². The first-order valence-corrected chi connectivity index (χ1v) is 8.27. The molecule has 1 aromatic heterocycles. The SMILES string of the molecule is CC(C)Cc1nnc(NC(=O)C2CCCC(C(F)(F)F)C2)s1. The molecule has 0 radical (unpaired) electrons. The highest BCUT2D eigenvalue weighted by Crippen LogP contribution is 2.40. The summed E-state index contributed by atoms with van der Waals surface area (Å²) in [6, 6.07) is 0. The number of hydrogen-bond donors (Lipinski definition) is 1. The molecular weight excluding hydrogens is 315 g/mol. The predicted octanol–water partition coefficient (Wildman–Crippen LogP) is 4.04. The van der Waals surface area contributed by atoms with Gasteiger partial charge >= 0.3 is 6.18 Å². The van der Waals surface area contributed by atoms with Crippen LogP contribution in [0.1, 0.15) is 44.5 Å². The van der Waals surface area contributed by atoms with Crippen LogP contribution in [0.25, 0.3) is 0 Å². The zero-order valence-corrected chi connectivity index (χ0v) is 13.4. The fraction of sp³-hybridized carbons (Fsp3) is 0.786. The molecule has 1 aromatic rings. The Hall–Kier alpha value is -1.18. The number of carbonyl (C=O) groups is 1. The fourth-order valence-corrected chi connectivity index (χ4v) is 3.62. The van der Waals surface area contributed by atoms with E-state index in [1.165, 1.54) is 11.3 Å². The van der Waals surface area contributed by atoms with Gasteiger partial charge in [-0.05, 0) is 25.2 Å². The van der Waals surface area contributed by atoms with Gasteiger partial charge in [-0.25, -0.2) is 0 Å². The maximum Gasteiger partial charge on any atom is 0.391 e. The lowest BCUT2D eigenvalue weighted by Crippen LogP contribution is -2.34. The first-order valence-electron chi connectivity index (χ1n) is 7.45. The van der Waals surface area contributed by atoms with Crippen molar-refractivity contribution >= 4 is 22.4 Å². The molecule has 124 valence electrons. The van der Waals surface area contributed by atoms with Crippen LogP contribution in [0.3, 0.4) is 0 Å². The number of rotatable bonds is 4. The van der Waals surface area contributed by atoms with Gasteiger partial charge in [0, 0.05) is 12.3 Å². The minimum atomic E-state index is -4.22. The summed E-state index contributed by atoms with van der Waals surface area (Å²) in [6.07, 6.45) is -2.54. The topological polar surface area (TPSA) is 54.9 Å². The fourth-order valence-electron chi connectivity index (χ4n) is 2.67. The molecule has 1 N–H and O–H groups in total. The van der Waals surface area contributed by atoms with Crippen LogP contribution in [-0.4, -0.2) is 22.3 Å². The molecule has 0 bridgehead atoms. The Kier molecular flexibility index (Phi) is 5.41. The number of hydrogen-bond acceptors (Lipinski definition) is 4. The summed E-state index contributed by atoms with van der Waals surface area (Å²) in [5.74, 6) is -1.91. The van der Waals surface area contributed by atoms with Gasteiger partial charge in [0.2, 0.25) is 11.0 Å². The van der Waals surface area contributed by atoms with E-state index in [2.05, 4.69) is 29.4 Å². The average Bonchev–Trinajstić information content (AvgIpc) is 2.84. The molecule has 4 nitrogen and oxygen atoms in total. The van der Waals surface area contributed by atoms with Gasteiger partial charge in [0.05, 0.1) is 5.92 Å². The summed E-state index contributed by atoms with van der Waals surface area (Å²) in [5.41, 5.74) is 0. The summed E-state index contributed by atoms with van der Waals surface area (Å²) in [4.78, 5) is 12.1. The van der Waals surface area contributed by atoms with Crippen LogP contribution in [0.5, 0.6) is 0 Å². The van der Waals surface area contributed by atoms with Crippen LogP contribution in [0.4, 0.5) is 18.3 Å². The molecule has 2 atom stereocenters. The molecule has 0 aliphatic heterocycles. The van der Waals surface area contributed by atoms with Gasteiger partial charge in [0.15, 0.2) is 0 Å². The molecule has 1 heterocycles. The summed E-state index contributed by atoms with van der Waals surface area (Å²) >= 11 is 1.28. The molecule has 1 aliphatic carbocycles. The van der Waals surface area contributed by atoms with Crippen molar-refractivity contribution in [3.63, 3.8) is 0 Å². The predicted molar refractivity (Wildman–Crippen MR) is 78.6 cm³/mol. The lowest BCUT2D eigenvalue weighted by molar-refractivity contribution is -0.185. The van der Waals surface area contributed by atoms with Gasteiger partial charge in [-0.3, -0.25) is 4.79 Å². The van der Waals surface area contributed by atoms with Crippen LogP contribution < -0.4 is 5.32 Å². The Balaban J connectivity index is 1.92. The third kappa shape index (κ3) is 4.66. The molecular formula is C14H20F3N3OS. The molecule has 0 aromatic carbocycles. The number of carbonyl (C=O) groups excluding carboxylic acids is 1. The van der Waals surface area contributed by atoms with Crippen molar-refractivity contribution in [3.05, 3.63) is 5.01 Å². The Morgan fingerprint density at radius 2 is 2.09 bits per heavy atom. The Morgan fingerprint density at radius 1 is 1.36 bits per heavy atom. The first-order chi connectivity index (χ1) is 10.3. The van der Waals surface area contributed by atoms with Crippen molar-refractivity contribution in [2.24, 2.45) is 17.8 Å². The summed E-state index contributed by atoms with van der Waals surface area (Å²) < 4.78 is 38.3. The number of nitrogens with zero attached hydrogens (tertiary/aromatic N) is 2. The minimum absolute atomic E-state index is 0.116. The molecule has 22 heavy (non-hydrogen) atoms. The smallest absolute Gasteiger partial charge is 0.300 e. The summed E-state index contributed by atoms with van der Waals surface area (Å²) in [7, 11) is 0. The second-order valence-electron chi connectivity index (χ2n) is 6.19. The quantitative estimate of drug-likeness (QED) is 0.903. The highest BCUT2D eigenvalue weighted by molar-refractivity contribution is 7.15. The number of amides is 1. The molecule has 1 saturated carbocycles. The second kappa shape index (κ2) is 6.93. The van der Waals surface area contributed by atoms with Crippen molar-refractivity contribution < 1.29 is 18.0 Å². The zero-order valence-electron chi connectivity index (χ0n) is 12.6. The summed E-state index contributed by atoms with van der Waals surface area (Å²) in [5, 5.41) is 11.7. The van der Waals surface area contributed by atoms with Crippen LogP contribution in [0.2, 0.25) is 0 Å². The first kappa shape index (κ1) is 17.2. The lowest BCUT2D eigenvalue weighted by atomic mass is 9.80. The number of alkyl halides is 3. The molecule has 0 saturated heterocycles. The van der Waals surface area contributed by atoms with Crippen molar-refractivity contribution in [2.75, 3.05) is 5.32 Å². The minimum Gasteiger partial charge on any atom is -0.300 e. The molecule has 2 rings (SSSR count). The highest BCUT2D eigenvalue weighted by Gasteiger charge is 2.43. The van der Waals surface area contributed by atoms with E-state index < -0.39 is 18.0 Å². The molecule has 1 fully saturated rings. The molecule has 1 amide bonds. The molecule has 8 heteroatoms. The van der Waals surface area contributed by atoms with Gasteiger partial charge < -0.3 is 5.32 Å². The zero-order chi connectivity index (χ0) is 16.3. The van der Waals surface area contributed by atoms with Crippen molar-refractivity contribution in [1.29, 1.82) is 0 Å². The van der Waals surface area contributed by atoms with E-state index in [0.29, 0.717) is 23.9 Å². The van der Waals surface area contributed by atoms with Crippen molar-refractivity contribution in [2.45, 2.75) is 52.1 Å². The maximum absolute atomic E-state index is 12.8. The number of anilines is 1. The standard InChI is InChI=1S/C14H20F3N3OS/c1-8(2)6-11-19-20-13(22-11)18-12(21)9-4-3-5-10(7-9)14(15,16)17/h8-10H,3-7H2,1-2H3,(H,18,20,21). The second-order valence-corrected chi connectivity index (χ2v) is 7.25. The molecule has 1 aliphatic rings. The van der Waals surface area contributed by atoms with E-state index in [1.807, 2.05) is 0 Å². The average molecular weight is 335 g/mol. The number of halogens is 3. The normalized spacial score (nSPS) is 22.8. The van der Waals surface area contributed by atoms with Crippen molar-refractivity contribution in [3.8, 4) is 0 Å². The monoisotopic (exact) mass is 335 g/mol. The Labute approximate surface area is 131 Å². The van der Waals surface area contributed by atoms with E-state index in [1.54, 1.807) is 0 Å². The molecule has 2 unspecified atom stereocenters.